The lowest BCUT2D eigenvalue weighted by atomic mass is 11.3. The van der Waals surface area contributed by atoms with Gasteiger partial charge >= 0.3 is 0 Å². The minimum absolute atomic E-state index is 0.479. The fourth-order valence-electron chi connectivity index (χ4n) is 0.489. The predicted molar refractivity (Wildman–Crippen MR) is 31.9 cm³/mol. The number of benzene rings is 1. The maximum Gasteiger partial charge on any atom is 0.107 e. The van der Waals surface area contributed by atoms with Gasteiger partial charge in [-0.3, -0.25) is 0 Å². The van der Waals surface area contributed by atoms with Crippen LogP contribution in [0.4, 0.5) is 5.69 Å². The molecule has 8 heavy (non-hydrogen) atoms. The first-order chi connectivity index (χ1) is 3.93. The normalized spacial score (nSPS) is 8.50. The number of hydrogen-bond donors (Lipinski definition) is 0. The Hall–Kier alpha value is -1.18. The van der Waals surface area contributed by atoms with Gasteiger partial charge in [0, 0.05) is 0 Å². The fraction of sp³-hybridized carbons (Fsp3) is 0. The summed E-state index contributed by atoms with van der Waals surface area (Å²) in [5.74, 6) is 0. The van der Waals surface area contributed by atoms with Gasteiger partial charge in [-0.1, -0.05) is 18.2 Å². The second kappa shape index (κ2) is 2.21. The maximum absolute atomic E-state index is 9.76. The zero-order chi connectivity index (χ0) is 5.82. The molecule has 1 rings (SSSR count). The Morgan fingerprint density at radius 3 is 2.12 bits per heavy atom. The standard InChI is InChI=1S/C6H5NO/c8-7-6-4-2-1-3-5-6/h1-5H/i1+1,2+1,3+1,4+1,5+1,6+1. The highest BCUT2D eigenvalue weighted by atomic mass is 16.3. The van der Waals surface area contributed by atoms with Crippen LogP contribution in [0.1, 0.15) is 0 Å². The van der Waals surface area contributed by atoms with E-state index in [4.69, 9.17) is 0 Å². The van der Waals surface area contributed by atoms with Crippen LogP contribution in [0.3, 0.4) is 0 Å². The van der Waals surface area contributed by atoms with E-state index in [2.05, 4.69) is 5.18 Å². The second-order valence-electron chi connectivity index (χ2n) is 1.43. The Labute approximate surface area is 47.1 Å². The molecule has 0 amide bonds. The van der Waals surface area contributed by atoms with Crippen LogP contribution in [0.15, 0.2) is 35.5 Å². The highest BCUT2D eigenvalue weighted by molar-refractivity contribution is 5.34. The van der Waals surface area contributed by atoms with E-state index in [1.54, 1.807) is 24.3 Å². The summed E-state index contributed by atoms with van der Waals surface area (Å²) in [7, 11) is 0. The van der Waals surface area contributed by atoms with E-state index in [-0.39, 0.29) is 0 Å². The summed E-state index contributed by atoms with van der Waals surface area (Å²) >= 11 is 0. The number of nitroso groups, excluding NO2 is 1. The molecule has 1 aromatic rings. The first-order valence-electron chi connectivity index (χ1n) is 2.32. The molecule has 2 heteroatoms. The van der Waals surface area contributed by atoms with Crippen LogP contribution >= 0.6 is 0 Å². The lowest BCUT2D eigenvalue weighted by Crippen LogP contribution is -1.56. The molecule has 0 aromatic heterocycles. The highest BCUT2D eigenvalue weighted by Gasteiger charge is 1.81. The van der Waals surface area contributed by atoms with Gasteiger partial charge in [-0.25, -0.2) is 0 Å². The van der Waals surface area contributed by atoms with Crippen molar-refractivity contribution in [1.29, 1.82) is 0 Å². The number of nitrogens with zero attached hydrogens (tertiary/aromatic N) is 1. The van der Waals surface area contributed by atoms with Crippen LogP contribution in [-0.2, 0) is 0 Å². The molecule has 0 unspecified atom stereocenters. The van der Waals surface area contributed by atoms with Crippen molar-refractivity contribution in [2.45, 2.75) is 0 Å². The second-order valence-corrected chi connectivity index (χ2v) is 1.43. The molecule has 0 heterocycles. The van der Waals surface area contributed by atoms with Gasteiger partial charge in [0.1, 0.15) is 5.69 Å². The third-order valence-electron chi connectivity index (χ3n) is 0.862. The van der Waals surface area contributed by atoms with Gasteiger partial charge in [0.05, 0.1) is 0 Å². The van der Waals surface area contributed by atoms with Gasteiger partial charge in [-0.15, -0.1) is 4.91 Å². The molecule has 40 valence electrons. The Kier molecular flexibility index (Phi) is 1.37. The van der Waals surface area contributed by atoms with E-state index in [1.807, 2.05) is 6.07 Å². The average Bonchev–Trinajstić information content (AvgIpc) is 1.90. The van der Waals surface area contributed by atoms with Gasteiger partial charge in [-0.05, 0) is 17.3 Å². The maximum atomic E-state index is 9.76. The van der Waals surface area contributed by atoms with Gasteiger partial charge < -0.3 is 0 Å². The largest absolute Gasteiger partial charge is 0.145 e. The van der Waals surface area contributed by atoms with E-state index >= 15 is 0 Å². The molecule has 0 aliphatic carbocycles. The molecule has 0 fully saturated rings. The van der Waals surface area contributed by atoms with Crippen molar-refractivity contribution >= 4 is 5.69 Å². The Balaban J connectivity index is 2.99. The lowest BCUT2D eigenvalue weighted by molar-refractivity contribution is 1.50. The molecular formula is C6H5NO. The zero-order valence-electron chi connectivity index (χ0n) is 4.24. The molecule has 0 saturated carbocycles. The molecular weight excluding hydrogens is 108 g/mol. The van der Waals surface area contributed by atoms with Crippen molar-refractivity contribution in [3.8, 4) is 0 Å². The Morgan fingerprint density at radius 2 is 1.75 bits per heavy atom. The number of rotatable bonds is 1. The summed E-state index contributed by atoms with van der Waals surface area (Å²) in [6.07, 6.45) is 0. The molecule has 0 radical (unpaired) electrons. The van der Waals surface area contributed by atoms with Gasteiger partial charge in [0.25, 0.3) is 0 Å². The Morgan fingerprint density at radius 1 is 1.12 bits per heavy atom. The van der Waals surface area contributed by atoms with Crippen molar-refractivity contribution in [2.24, 2.45) is 5.18 Å². The van der Waals surface area contributed by atoms with Gasteiger partial charge in [0.15, 0.2) is 0 Å². The fourth-order valence-corrected chi connectivity index (χ4v) is 0.489. The average molecular weight is 113 g/mol. The topological polar surface area (TPSA) is 29.4 Å². The molecule has 0 spiro atoms. The first-order valence-corrected chi connectivity index (χ1v) is 2.32. The van der Waals surface area contributed by atoms with Crippen molar-refractivity contribution in [2.75, 3.05) is 0 Å². The first kappa shape index (κ1) is 4.97. The SMILES string of the molecule is O=N[13c]1[13cH][13cH][13cH][13cH][13cH]1. The third-order valence-corrected chi connectivity index (χ3v) is 0.862. The van der Waals surface area contributed by atoms with Crippen molar-refractivity contribution in [1.82, 2.24) is 0 Å². The van der Waals surface area contributed by atoms with Crippen LogP contribution in [0.5, 0.6) is 0 Å². The highest BCUT2D eigenvalue weighted by Crippen LogP contribution is 2.07. The third kappa shape index (κ3) is 0.904. The molecule has 0 saturated heterocycles. The quantitative estimate of drug-likeness (QED) is 0.512. The molecule has 0 bridgehead atoms. The van der Waals surface area contributed by atoms with E-state index in [0.717, 1.165) is 0 Å². The lowest BCUT2D eigenvalue weighted by Gasteiger charge is -1.80. The summed E-state index contributed by atoms with van der Waals surface area (Å²) in [6.45, 7) is 0. The van der Waals surface area contributed by atoms with Crippen LogP contribution in [0.2, 0.25) is 0 Å². The van der Waals surface area contributed by atoms with Crippen molar-refractivity contribution < 1.29 is 0 Å². The van der Waals surface area contributed by atoms with Gasteiger partial charge in [0.2, 0.25) is 0 Å². The minimum atomic E-state index is 0.479. The summed E-state index contributed by atoms with van der Waals surface area (Å²) < 4.78 is 0. The van der Waals surface area contributed by atoms with E-state index in [0.29, 0.717) is 5.69 Å². The summed E-state index contributed by atoms with van der Waals surface area (Å²) in [4.78, 5) is 9.76. The van der Waals surface area contributed by atoms with E-state index < -0.39 is 0 Å². The van der Waals surface area contributed by atoms with Crippen LogP contribution in [-0.4, -0.2) is 0 Å². The zero-order valence-corrected chi connectivity index (χ0v) is 4.24. The molecule has 0 aliphatic heterocycles. The summed E-state index contributed by atoms with van der Waals surface area (Å²) in [6, 6.07) is 8.71. The molecule has 0 aliphatic rings. The predicted octanol–water partition coefficient (Wildman–Crippen LogP) is 2.08. The van der Waals surface area contributed by atoms with Crippen LogP contribution < -0.4 is 0 Å². The molecule has 0 N–H and O–H groups in total. The summed E-state index contributed by atoms with van der Waals surface area (Å²) in [5, 5.41) is 2.72. The minimum Gasteiger partial charge on any atom is -0.145 e. The smallest absolute Gasteiger partial charge is 0.107 e. The van der Waals surface area contributed by atoms with Crippen molar-refractivity contribution in [3.63, 3.8) is 0 Å². The summed E-state index contributed by atoms with van der Waals surface area (Å²) in [5.41, 5.74) is 0.479. The van der Waals surface area contributed by atoms with Crippen molar-refractivity contribution in [3.05, 3.63) is 35.2 Å². The van der Waals surface area contributed by atoms with E-state index in [1.165, 1.54) is 0 Å². The molecule has 2 nitrogen and oxygen atoms in total. The molecule has 1 aromatic carbocycles. The van der Waals surface area contributed by atoms with Gasteiger partial charge in [-0.2, -0.15) is 0 Å². The van der Waals surface area contributed by atoms with Crippen LogP contribution in [0.25, 0.3) is 0 Å². The Bertz CT molecular complexity index is 171. The molecule has 0 atom stereocenters. The monoisotopic (exact) mass is 113 g/mol. The number of hydrogen-bond acceptors (Lipinski definition) is 2. The van der Waals surface area contributed by atoms with Crippen LogP contribution in [0, 0.1) is 4.91 Å². The van der Waals surface area contributed by atoms with E-state index in [9.17, 15) is 4.91 Å².